The fraction of sp³-hybridized carbons (Fsp3) is 0.276. The van der Waals surface area contributed by atoms with E-state index in [1.807, 2.05) is 0 Å². The summed E-state index contributed by atoms with van der Waals surface area (Å²) in [7, 11) is 0. The molecule has 0 N–H and O–H groups in total. The molecule has 0 aromatic heterocycles. The van der Waals surface area contributed by atoms with Gasteiger partial charge in [0, 0.05) is 22.4 Å². The second-order valence-electron chi connectivity index (χ2n) is 19.9. The summed E-state index contributed by atoms with van der Waals surface area (Å²) >= 11 is 0. The van der Waals surface area contributed by atoms with Crippen LogP contribution in [0.4, 0.5) is 17.1 Å². The Hall–Kier alpha value is -5.80. The third kappa shape index (κ3) is 6.05. The van der Waals surface area contributed by atoms with Gasteiger partial charge in [-0.15, -0.1) is 0 Å². The van der Waals surface area contributed by atoms with Crippen molar-refractivity contribution in [2.24, 2.45) is 0 Å². The lowest BCUT2D eigenvalue weighted by atomic mass is 9.34. The molecular weight excluding hydrogens is 737 g/mol. The Morgan fingerprint density at radius 3 is 1.80 bits per heavy atom. The standard InChI is InChI=1S/C58H58BNO/c1-35(2)39-30-42(36(3)4)56(43(31-39)37(5)6)59-49-25-17-19-27-53(49)61-54-32-38(28-29-50(54)59)55-41-22-14-15-23-45(41)57(7,8)47-34-52-48(33-44(47)55)58(9,10)46-24-16-18-26-51(46)60(52)40-20-12-11-13-21-40/h11-37,55H,1-10H3. The summed E-state index contributed by atoms with van der Waals surface area (Å²) in [6, 6.07) is 55.2. The first-order chi connectivity index (χ1) is 29.3. The van der Waals surface area contributed by atoms with Crippen LogP contribution in [0.5, 0.6) is 11.5 Å². The van der Waals surface area contributed by atoms with E-state index < -0.39 is 0 Å². The highest BCUT2D eigenvalue weighted by Crippen LogP contribution is 2.57. The van der Waals surface area contributed by atoms with E-state index in [0.29, 0.717) is 17.8 Å². The van der Waals surface area contributed by atoms with E-state index in [0.717, 1.165) is 11.5 Å². The van der Waals surface area contributed by atoms with Crippen LogP contribution in [0.2, 0.25) is 0 Å². The number of benzene rings is 7. The van der Waals surface area contributed by atoms with Gasteiger partial charge < -0.3 is 9.64 Å². The van der Waals surface area contributed by atoms with E-state index in [1.165, 1.54) is 89.1 Å². The Morgan fingerprint density at radius 1 is 0.492 bits per heavy atom. The number of anilines is 3. The van der Waals surface area contributed by atoms with E-state index in [-0.39, 0.29) is 23.5 Å². The smallest absolute Gasteiger partial charge is 0.251 e. The van der Waals surface area contributed by atoms with Gasteiger partial charge >= 0.3 is 0 Å². The summed E-state index contributed by atoms with van der Waals surface area (Å²) < 4.78 is 7.06. The molecular formula is C58H58BNO. The van der Waals surface area contributed by atoms with Gasteiger partial charge in [0.25, 0.3) is 6.71 Å². The first kappa shape index (κ1) is 39.3. The van der Waals surface area contributed by atoms with Crippen LogP contribution in [0, 0.1) is 0 Å². The van der Waals surface area contributed by atoms with Crippen molar-refractivity contribution < 1.29 is 4.74 Å². The van der Waals surface area contributed by atoms with Crippen LogP contribution in [-0.2, 0) is 10.8 Å². The maximum atomic E-state index is 7.06. The summed E-state index contributed by atoms with van der Waals surface area (Å²) in [4.78, 5) is 2.50. The highest BCUT2D eigenvalue weighted by molar-refractivity contribution is 6.97. The molecule has 7 aromatic rings. The first-order valence-corrected chi connectivity index (χ1v) is 22.6. The van der Waals surface area contributed by atoms with Gasteiger partial charge in [0.05, 0.1) is 11.4 Å². The van der Waals surface area contributed by atoms with E-state index in [4.69, 9.17) is 4.74 Å². The van der Waals surface area contributed by atoms with Crippen LogP contribution in [0.15, 0.2) is 146 Å². The van der Waals surface area contributed by atoms with Gasteiger partial charge in [-0.05, 0) is 121 Å². The third-order valence-corrected chi connectivity index (χ3v) is 14.4. The minimum absolute atomic E-state index is 0.0231. The largest absolute Gasteiger partial charge is 0.458 e. The molecule has 1 aliphatic carbocycles. The molecule has 3 heteroatoms. The molecule has 0 spiro atoms. The SMILES string of the molecule is CC(C)c1cc(C(C)C)c(B2c3ccccc3Oc3cc(C4c5ccccc5C(C)(C)c5cc6c(cc54)C(C)(C)c4ccccc4N6c4ccccc4)ccc32)c(C(C)C)c1. The second kappa shape index (κ2) is 14.4. The maximum Gasteiger partial charge on any atom is 0.251 e. The van der Waals surface area contributed by atoms with Crippen LogP contribution >= 0.6 is 0 Å². The van der Waals surface area contributed by atoms with Gasteiger partial charge in [-0.1, -0.05) is 184 Å². The Bertz CT molecular complexity index is 2820. The van der Waals surface area contributed by atoms with E-state index in [1.54, 1.807) is 0 Å². The second-order valence-corrected chi connectivity index (χ2v) is 19.9. The predicted molar refractivity (Wildman–Crippen MR) is 259 cm³/mol. The van der Waals surface area contributed by atoms with Crippen LogP contribution in [0.3, 0.4) is 0 Å². The van der Waals surface area contributed by atoms with Crippen LogP contribution < -0.4 is 26.0 Å². The molecule has 0 amide bonds. The lowest BCUT2D eigenvalue weighted by Gasteiger charge is -2.46. The molecule has 2 nitrogen and oxygen atoms in total. The number of nitrogens with zero attached hydrogens (tertiary/aromatic N) is 1. The highest BCUT2D eigenvalue weighted by atomic mass is 16.5. The zero-order chi connectivity index (χ0) is 42.5. The minimum atomic E-state index is -0.224. The Balaban J connectivity index is 1.20. The molecule has 10 rings (SSSR count). The van der Waals surface area contributed by atoms with Crippen molar-refractivity contribution >= 4 is 40.2 Å². The van der Waals surface area contributed by atoms with Crippen molar-refractivity contribution in [1.82, 2.24) is 0 Å². The molecule has 0 bridgehead atoms. The van der Waals surface area contributed by atoms with Crippen LogP contribution in [0.1, 0.15) is 149 Å². The topological polar surface area (TPSA) is 12.5 Å². The molecule has 0 saturated heterocycles. The number of rotatable bonds is 6. The molecule has 7 aromatic carbocycles. The highest BCUT2D eigenvalue weighted by Gasteiger charge is 2.44. The average Bonchev–Trinajstić information content (AvgIpc) is 3.25. The molecule has 2 heterocycles. The molecule has 0 fully saturated rings. The van der Waals surface area contributed by atoms with Crippen LogP contribution in [0.25, 0.3) is 0 Å². The molecule has 304 valence electrons. The van der Waals surface area contributed by atoms with Gasteiger partial charge in [0.15, 0.2) is 0 Å². The summed E-state index contributed by atoms with van der Waals surface area (Å²) in [5.41, 5.74) is 21.0. The zero-order valence-corrected chi connectivity index (χ0v) is 37.6. The van der Waals surface area contributed by atoms with Crippen molar-refractivity contribution in [1.29, 1.82) is 0 Å². The molecule has 2 aliphatic heterocycles. The molecule has 1 atom stereocenters. The van der Waals surface area contributed by atoms with Crippen molar-refractivity contribution in [3.8, 4) is 11.5 Å². The van der Waals surface area contributed by atoms with E-state index in [9.17, 15) is 0 Å². The fourth-order valence-electron chi connectivity index (χ4n) is 11.2. The third-order valence-electron chi connectivity index (χ3n) is 14.4. The van der Waals surface area contributed by atoms with Gasteiger partial charge in [-0.25, -0.2) is 0 Å². The summed E-state index contributed by atoms with van der Waals surface area (Å²) in [5.74, 6) is 3.15. The predicted octanol–water partition coefficient (Wildman–Crippen LogP) is 13.6. The van der Waals surface area contributed by atoms with Gasteiger partial charge in [-0.3, -0.25) is 0 Å². The van der Waals surface area contributed by atoms with E-state index >= 15 is 0 Å². The van der Waals surface area contributed by atoms with E-state index in [2.05, 4.69) is 220 Å². The van der Waals surface area contributed by atoms with Crippen molar-refractivity contribution in [3.05, 3.63) is 201 Å². The lowest BCUT2D eigenvalue weighted by molar-refractivity contribution is 0.486. The van der Waals surface area contributed by atoms with Crippen molar-refractivity contribution in [2.45, 2.75) is 104 Å². The number of ether oxygens (including phenoxy) is 1. The lowest BCUT2D eigenvalue weighted by Crippen LogP contribution is -2.57. The van der Waals surface area contributed by atoms with Gasteiger partial charge in [-0.2, -0.15) is 0 Å². The van der Waals surface area contributed by atoms with Crippen LogP contribution in [-0.4, -0.2) is 6.71 Å². The van der Waals surface area contributed by atoms with Gasteiger partial charge in [0.1, 0.15) is 11.5 Å². The quantitative estimate of drug-likeness (QED) is 0.155. The van der Waals surface area contributed by atoms with Gasteiger partial charge in [0.2, 0.25) is 0 Å². The van der Waals surface area contributed by atoms with Crippen molar-refractivity contribution in [3.63, 3.8) is 0 Å². The first-order valence-electron chi connectivity index (χ1n) is 22.6. The molecule has 3 aliphatic rings. The number of fused-ring (bicyclic) bond motifs is 6. The molecule has 1 unspecified atom stereocenters. The zero-order valence-electron chi connectivity index (χ0n) is 37.6. The normalized spacial score (nSPS) is 16.6. The molecule has 0 saturated carbocycles. The average molecular weight is 796 g/mol. The Kier molecular flexibility index (Phi) is 9.29. The summed E-state index contributed by atoms with van der Waals surface area (Å²) in [6.45, 7) is 23.8. The summed E-state index contributed by atoms with van der Waals surface area (Å²) in [5, 5.41) is 0. The van der Waals surface area contributed by atoms with Crippen molar-refractivity contribution in [2.75, 3.05) is 4.90 Å². The molecule has 0 radical (unpaired) electrons. The Labute approximate surface area is 364 Å². The number of hydrogen-bond acceptors (Lipinski definition) is 2. The maximum absolute atomic E-state index is 7.06. The summed E-state index contributed by atoms with van der Waals surface area (Å²) in [6.07, 6.45) is 0. The molecule has 61 heavy (non-hydrogen) atoms. The number of para-hydroxylation sites is 3. The Morgan fingerprint density at radius 2 is 1.10 bits per heavy atom. The minimum Gasteiger partial charge on any atom is -0.458 e. The fourth-order valence-corrected chi connectivity index (χ4v) is 11.2. The monoisotopic (exact) mass is 795 g/mol. The number of hydrogen-bond donors (Lipinski definition) is 0.